The third-order valence-electron chi connectivity index (χ3n) is 5.84. The van der Waals surface area contributed by atoms with Gasteiger partial charge in [-0.25, -0.2) is 14.3 Å². The first-order chi connectivity index (χ1) is 13.5. The first-order valence-electron chi connectivity index (χ1n) is 9.87. The van der Waals surface area contributed by atoms with Crippen LogP contribution in [0.5, 0.6) is 0 Å². The normalized spacial score (nSPS) is 17.8. The van der Waals surface area contributed by atoms with E-state index in [2.05, 4.69) is 34.1 Å². The second-order valence-corrected chi connectivity index (χ2v) is 7.78. The van der Waals surface area contributed by atoms with E-state index in [1.807, 2.05) is 11.0 Å². The summed E-state index contributed by atoms with van der Waals surface area (Å²) in [6, 6.07) is 10.8. The molecule has 0 bridgehead atoms. The van der Waals surface area contributed by atoms with E-state index in [4.69, 9.17) is 0 Å². The predicted molar refractivity (Wildman–Crippen MR) is 105 cm³/mol. The lowest BCUT2D eigenvalue weighted by molar-refractivity contribution is -0.128. The van der Waals surface area contributed by atoms with Crippen molar-refractivity contribution in [2.75, 3.05) is 20.1 Å². The minimum Gasteiger partial charge on any atom is -0.339 e. The number of imidazole rings is 1. The van der Waals surface area contributed by atoms with E-state index in [0.717, 1.165) is 38.2 Å². The fourth-order valence-corrected chi connectivity index (χ4v) is 4.10. The molecule has 0 aliphatic carbocycles. The van der Waals surface area contributed by atoms with Gasteiger partial charge in [0.25, 0.3) is 0 Å². The Morgan fingerprint density at radius 1 is 1.21 bits per heavy atom. The minimum atomic E-state index is -0.0366. The van der Waals surface area contributed by atoms with E-state index in [1.54, 1.807) is 22.7 Å². The number of aromatic nitrogens is 2. The molecule has 1 fully saturated rings. The Labute approximate surface area is 165 Å². The van der Waals surface area contributed by atoms with Crippen molar-refractivity contribution in [2.45, 2.75) is 45.4 Å². The molecule has 0 radical (unpaired) electrons. The van der Waals surface area contributed by atoms with Gasteiger partial charge in [0, 0.05) is 39.6 Å². The maximum atomic E-state index is 13.0. The van der Waals surface area contributed by atoms with Gasteiger partial charge in [0.15, 0.2) is 0 Å². The van der Waals surface area contributed by atoms with Crippen LogP contribution in [0.3, 0.4) is 0 Å². The molecule has 7 nitrogen and oxygen atoms in total. The molecule has 0 spiro atoms. The molecule has 2 aromatic rings. The molecule has 1 saturated heterocycles. The smallest absolute Gasteiger partial charge is 0.330 e. The number of hydrogen-bond acceptors (Lipinski definition) is 4. The summed E-state index contributed by atoms with van der Waals surface area (Å²) in [5, 5.41) is 0. The summed E-state index contributed by atoms with van der Waals surface area (Å²) in [5.41, 5.74) is 2.25. The first-order valence-corrected chi connectivity index (χ1v) is 9.87. The largest absolute Gasteiger partial charge is 0.339 e. The van der Waals surface area contributed by atoms with E-state index in [1.165, 1.54) is 12.5 Å². The molecule has 28 heavy (non-hydrogen) atoms. The summed E-state index contributed by atoms with van der Waals surface area (Å²) in [6.07, 6.45) is 3.74. The molecule has 0 unspecified atom stereocenters. The highest BCUT2D eigenvalue weighted by molar-refractivity contribution is 5.81. The highest BCUT2D eigenvalue weighted by Crippen LogP contribution is 2.27. The van der Waals surface area contributed by atoms with Crippen molar-refractivity contribution in [3.63, 3.8) is 0 Å². The van der Waals surface area contributed by atoms with Crippen LogP contribution in [-0.2, 0) is 24.4 Å². The van der Waals surface area contributed by atoms with E-state index < -0.39 is 0 Å². The number of nitrogens with zero attached hydrogens (tertiary/aromatic N) is 5. The minimum absolute atomic E-state index is 0.000890. The maximum Gasteiger partial charge on any atom is 0.330 e. The summed E-state index contributed by atoms with van der Waals surface area (Å²) < 4.78 is 1.69. The van der Waals surface area contributed by atoms with Crippen molar-refractivity contribution in [2.24, 2.45) is 0 Å². The average molecular weight is 381 g/mol. The highest BCUT2D eigenvalue weighted by Gasteiger charge is 2.36. The van der Waals surface area contributed by atoms with Crippen LogP contribution in [0.2, 0.25) is 0 Å². The summed E-state index contributed by atoms with van der Waals surface area (Å²) in [5.74, 6) is 0.604. The lowest BCUT2D eigenvalue weighted by atomic mass is 10.0. The van der Waals surface area contributed by atoms with Crippen LogP contribution in [0.1, 0.15) is 36.8 Å². The SMILES string of the molecule is CC(=O)N(C)Cc1ncc2n1C(=O)N(C1CCN(Cc3ccccc3)CC1)C2. The van der Waals surface area contributed by atoms with Crippen molar-refractivity contribution in [1.82, 2.24) is 24.3 Å². The molecular formula is C21H27N5O2. The van der Waals surface area contributed by atoms with E-state index in [0.29, 0.717) is 18.9 Å². The molecule has 2 aliphatic heterocycles. The van der Waals surface area contributed by atoms with Crippen LogP contribution >= 0.6 is 0 Å². The highest BCUT2D eigenvalue weighted by atomic mass is 16.2. The average Bonchev–Trinajstić information content (AvgIpc) is 3.24. The zero-order valence-electron chi connectivity index (χ0n) is 16.5. The monoisotopic (exact) mass is 381 g/mol. The zero-order chi connectivity index (χ0) is 19.7. The lowest BCUT2D eigenvalue weighted by Crippen LogP contribution is -2.45. The third-order valence-corrected chi connectivity index (χ3v) is 5.84. The van der Waals surface area contributed by atoms with E-state index in [9.17, 15) is 9.59 Å². The maximum absolute atomic E-state index is 13.0. The Balaban J connectivity index is 1.37. The molecule has 3 heterocycles. The van der Waals surface area contributed by atoms with Crippen molar-refractivity contribution in [3.8, 4) is 0 Å². The van der Waals surface area contributed by atoms with Gasteiger partial charge < -0.3 is 9.80 Å². The Hall–Kier alpha value is -2.67. The van der Waals surface area contributed by atoms with Gasteiger partial charge in [0.2, 0.25) is 5.91 Å². The zero-order valence-corrected chi connectivity index (χ0v) is 16.5. The number of rotatable bonds is 5. The second-order valence-electron chi connectivity index (χ2n) is 7.78. The van der Waals surface area contributed by atoms with Crippen LogP contribution in [0.15, 0.2) is 36.5 Å². The van der Waals surface area contributed by atoms with Gasteiger partial charge in [-0.2, -0.15) is 0 Å². The van der Waals surface area contributed by atoms with Gasteiger partial charge in [-0.15, -0.1) is 0 Å². The molecule has 148 valence electrons. The number of likely N-dealkylation sites (tertiary alicyclic amines) is 1. The van der Waals surface area contributed by atoms with Gasteiger partial charge in [-0.1, -0.05) is 30.3 Å². The second kappa shape index (κ2) is 7.75. The van der Waals surface area contributed by atoms with Gasteiger partial charge in [-0.3, -0.25) is 9.69 Å². The summed E-state index contributed by atoms with van der Waals surface area (Å²) in [6.45, 7) is 5.44. The molecule has 1 aromatic heterocycles. The predicted octanol–water partition coefficient (Wildman–Crippen LogP) is 2.31. The number of carbonyl (C=O) groups is 2. The number of benzene rings is 1. The van der Waals surface area contributed by atoms with Gasteiger partial charge in [0.1, 0.15) is 5.82 Å². The van der Waals surface area contributed by atoms with Crippen molar-refractivity contribution in [1.29, 1.82) is 0 Å². The van der Waals surface area contributed by atoms with Crippen LogP contribution in [0, 0.1) is 0 Å². The Kier molecular flexibility index (Phi) is 5.17. The molecule has 2 amide bonds. The quantitative estimate of drug-likeness (QED) is 0.797. The van der Waals surface area contributed by atoms with Crippen LogP contribution in [0.25, 0.3) is 0 Å². The van der Waals surface area contributed by atoms with E-state index >= 15 is 0 Å². The summed E-state index contributed by atoms with van der Waals surface area (Å²) in [4.78, 5) is 34.9. The molecule has 7 heteroatoms. The van der Waals surface area contributed by atoms with Crippen LogP contribution in [0.4, 0.5) is 4.79 Å². The molecule has 0 N–H and O–H groups in total. The van der Waals surface area contributed by atoms with Crippen molar-refractivity contribution >= 4 is 11.9 Å². The lowest BCUT2D eigenvalue weighted by Gasteiger charge is -2.36. The molecular weight excluding hydrogens is 354 g/mol. The van der Waals surface area contributed by atoms with Crippen LogP contribution in [-0.4, -0.2) is 62.4 Å². The Bertz CT molecular complexity index is 855. The number of carbonyl (C=O) groups excluding carboxylic acids is 2. The fourth-order valence-electron chi connectivity index (χ4n) is 4.10. The number of hydrogen-bond donors (Lipinski definition) is 0. The van der Waals surface area contributed by atoms with Crippen molar-refractivity contribution < 1.29 is 9.59 Å². The van der Waals surface area contributed by atoms with Gasteiger partial charge >= 0.3 is 6.03 Å². The Morgan fingerprint density at radius 3 is 2.61 bits per heavy atom. The molecule has 2 aliphatic rings. The van der Waals surface area contributed by atoms with Gasteiger partial charge in [0.05, 0.1) is 25.0 Å². The van der Waals surface area contributed by atoms with Gasteiger partial charge in [-0.05, 0) is 18.4 Å². The number of amides is 2. The third kappa shape index (κ3) is 3.67. The van der Waals surface area contributed by atoms with Crippen LogP contribution < -0.4 is 0 Å². The number of fused-ring (bicyclic) bond motifs is 1. The first kappa shape index (κ1) is 18.7. The summed E-state index contributed by atoms with van der Waals surface area (Å²) in [7, 11) is 1.73. The fraction of sp³-hybridized carbons (Fsp3) is 0.476. The molecule has 0 atom stereocenters. The molecule has 4 rings (SSSR count). The molecule has 0 saturated carbocycles. The summed E-state index contributed by atoms with van der Waals surface area (Å²) >= 11 is 0. The number of piperidine rings is 1. The van der Waals surface area contributed by atoms with Crippen molar-refractivity contribution in [3.05, 3.63) is 53.6 Å². The van der Waals surface area contributed by atoms with E-state index in [-0.39, 0.29) is 18.0 Å². The Morgan fingerprint density at radius 2 is 1.93 bits per heavy atom. The standard InChI is InChI=1S/C21H27N5O2/c1-16(27)23(2)15-20-22-12-19-14-25(21(28)26(19)20)18-8-10-24(11-9-18)13-17-6-4-3-5-7-17/h3-7,12,18H,8-11,13-15H2,1-2H3. The molecule has 1 aromatic carbocycles. The topological polar surface area (TPSA) is 61.7 Å².